The third-order valence-electron chi connectivity index (χ3n) is 2.99. The first-order valence-electron chi connectivity index (χ1n) is 6.62. The van der Waals surface area contributed by atoms with E-state index in [1.165, 1.54) is 6.07 Å². The van der Waals surface area contributed by atoms with Crippen LogP contribution in [0.4, 0.5) is 13.2 Å². The largest absolute Gasteiger partial charge is 0.493 e. The Morgan fingerprint density at radius 1 is 1.00 bits per heavy atom. The number of ether oxygens (including phenoxy) is 1. The van der Waals surface area contributed by atoms with Crippen molar-refractivity contribution in [3.8, 4) is 16.9 Å². The second-order valence-electron chi connectivity index (χ2n) is 4.57. The Bertz CT molecular complexity index is 596. The number of halogens is 3. The Morgan fingerprint density at radius 3 is 2.48 bits per heavy atom. The maximum atomic E-state index is 12.8. The average Bonchev–Trinajstić information content (AvgIpc) is 2.47. The van der Waals surface area contributed by atoms with Crippen molar-refractivity contribution in [3.63, 3.8) is 0 Å². The van der Waals surface area contributed by atoms with Gasteiger partial charge in [-0.1, -0.05) is 30.3 Å². The second kappa shape index (κ2) is 6.63. The third-order valence-corrected chi connectivity index (χ3v) is 2.99. The van der Waals surface area contributed by atoms with Crippen LogP contribution >= 0.6 is 0 Å². The predicted molar refractivity (Wildman–Crippen MR) is 76.0 cm³/mol. The van der Waals surface area contributed by atoms with Gasteiger partial charge in [-0.05, 0) is 36.7 Å². The van der Waals surface area contributed by atoms with E-state index in [0.29, 0.717) is 36.4 Å². The minimum absolute atomic E-state index is 0.437. The molecule has 2 N–H and O–H groups in total. The SMILES string of the molecule is NCCCOc1ccccc1-c1cccc(C(F)(F)F)c1. The van der Waals surface area contributed by atoms with Crippen LogP contribution in [0, 0.1) is 0 Å². The summed E-state index contributed by atoms with van der Waals surface area (Å²) in [4.78, 5) is 0. The first kappa shape index (κ1) is 15.4. The summed E-state index contributed by atoms with van der Waals surface area (Å²) < 4.78 is 44.0. The molecule has 0 saturated heterocycles. The van der Waals surface area contributed by atoms with Gasteiger partial charge < -0.3 is 10.5 Å². The molecule has 0 heterocycles. The summed E-state index contributed by atoms with van der Waals surface area (Å²) in [6.45, 7) is 0.943. The number of hydrogen-bond donors (Lipinski definition) is 1. The fourth-order valence-electron chi connectivity index (χ4n) is 1.96. The van der Waals surface area contributed by atoms with E-state index in [9.17, 15) is 13.2 Å². The Balaban J connectivity index is 2.33. The molecular weight excluding hydrogens is 279 g/mol. The topological polar surface area (TPSA) is 35.2 Å². The Hall–Kier alpha value is -2.01. The van der Waals surface area contributed by atoms with Crippen LogP contribution in [-0.4, -0.2) is 13.2 Å². The van der Waals surface area contributed by atoms with Gasteiger partial charge in [0, 0.05) is 5.56 Å². The summed E-state index contributed by atoms with van der Waals surface area (Å²) in [5.41, 5.74) is 5.85. The molecule has 0 spiro atoms. The van der Waals surface area contributed by atoms with E-state index in [-0.39, 0.29) is 0 Å². The molecule has 2 rings (SSSR count). The summed E-state index contributed by atoms with van der Waals surface area (Å²) in [5.74, 6) is 0.560. The molecule has 0 aliphatic carbocycles. The standard InChI is InChI=1S/C16H16F3NO/c17-16(18,19)13-6-3-5-12(11-13)14-7-1-2-8-15(14)21-10-4-9-20/h1-3,5-8,11H,4,9-10,20H2. The van der Waals surface area contributed by atoms with Gasteiger partial charge in [-0.25, -0.2) is 0 Å². The van der Waals surface area contributed by atoms with Crippen molar-refractivity contribution in [3.05, 3.63) is 54.1 Å². The molecular formula is C16H16F3NO. The number of para-hydroxylation sites is 1. The number of hydrogen-bond acceptors (Lipinski definition) is 2. The zero-order chi connectivity index (χ0) is 15.3. The maximum Gasteiger partial charge on any atom is 0.416 e. The quantitative estimate of drug-likeness (QED) is 0.843. The Morgan fingerprint density at radius 2 is 1.76 bits per heavy atom. The van der Waals surface area contributed by atoms with Gasteiger partial charge in [0.15, 0.2) is 0 Å². The fourth-order valence-corrected chi connectivity index (χ4v) is 1.96. The molecule has 0 atom stereocenters. The molecule has 0 unspecified atom stereocenters. The predicted octanol–water partition coefficient (Wildman–Crippen LogP) is 4.10. The lowest BCUT2D eigenvalue weighted by Gasteiger charge is -2.13. The molecule has 0 aliphatic rings. The van der Waals surface area contributed by atoms with Crippen molar-refractivity contribution in [1.82, 2.24) is 0 Å². The molecule has 21 heavy (non-hydrogen) atoms. The number of alkyl halides is 3. The van der Waals surface area contributed by atoms with Gasteiger partial charge in [0.2, 0.25) is 0 Å². The highest BCUT2D eigenvalue weighted by molar-refractivity contribution is 5.71. The van der Waals surface area contributed by atoms with E-state index in [1.807, 2.05) is 0 Å². The highest BCUT2D eigenvalue weighted by Crippen LogP contribution is 2.35. The average molecular weight is 295 g/mol. The van der Waals surface area contributed by atoms with Gasteiger partial charge in [-0.2, -0.15) is 13.2 Å². The lowest BCUT2D eigenvalue weighted by atomic mass is 10.0. The summed E-state index contributed by atoms with van der Waals surface area (Å²) in [6, 6.07) is 12.3. The molecule has 112 valence electrons. The van der Waals surface area contributed by atoms with Crippen molar-refractivity contribution >= 4 is 0 Å². The number of benzene rings is 2. The Kier molecular flexibility index (Phi) is 4.85. The minimum atomic E-state index is -4.36. The van der Waals surface area contributed by atoms with Crippen LogP contribution in [0.15, 0.2) is 48.5 Å². The molecule has 5 heteroatoms. The van der Waals surface area contributed by atoms with E-state index in [1.54, 1.807) is 30.3 Å². The van der Waals surface area contributed by atoms with Gasteiger partial charge in [-0.15, -0.1) is 0 Å². The van der Waals surface area contributed by atoms with Crippen molar-refractivity contribution < 1.29 is 17.9 Å². The molecule has 2 nitrogen and oxygen atoms in total. The van der Waals surface area contributed by atoms with E-state index in [0.717, 1.165) is 12.1 Å². The van der Waals surface area contributed by atoms with E-state index in [2.05, 4.69) is 0 Å². The van der Waals surface area contributed by atoms with E-state index < -0.39 is 11.7 Å². The smallest absolute Gasteiger partial charge is 0.416 e. The third kappa shape index (κ3) is 3.98. The minimum Gasteiger partial charge on any atom is -0.493 e. The van der Waals surface area contributed by atoms with Crippen molar-refractivity contribution in [2.24, 2.45) is 5.73 Å². The van der Waals surface area contributed by atoms with Crippen LogP contribution < -0.4 is 10.5 Å². The van der Waals surface area contributed by atoms with E-state index in [4.69, 9.17) is 10.5 Å². The summed E-state index contributed by atoms with van der Waals surface area (Å²) in [6.07, 6.45) is -3.66. The molecule has 2 aromatic carbocycles. The van der Waals surface area contributed by atoms with Gasteiger partial charge >= 0.3 is 6.18 Å². The normalized spacial score (nSPS) is 11.4. The Labute approximate surface area is 121 Å². The number of nitrogens with two attached hydrogens (primary N) is 1. The van der Waals surface area contributed by atoms with Crippen LogP contribution in [0.25, 0.3) is 11.1 Å². The fraction of sp³-hybridized carbons (Fsp3) is 0.250. The lowest BCUT2D eigenvalue weighted by molar-refractivity contribution is -0.137. The first-order chi connectivity index (χ1) is 10.0. The molecule has 0 amide bonds. The zero-order valence-electron chi connectivity index (χ0n) is 11.4. The van der Waals surface area contributed by atoms with Gasteiger partial charge in [-0.3, -0.25) is 0 Å². The van der Waals surface area contributed by atoms with Crippen molar-refractivity contribution in [1.29, 1.82) is 0 Å². The molecule has 2 aromatic rings. The highest BCUT2D eigenvalue weighted by Gasteiger charge is 2.30. The summed E-state index contributed by atoms with van der Waals surface area (Å²) in [7, 11) is 0. The first-order valence-corrected chi connectivity index (χ1v) is 6.62. The highest BCUT2D eigenvalue weighted by atomic mass is 19.4. The van der Waals surface area contributed by atoms with Gasteiger partial charge in [0.25, 0.3) is 0 Å². The molecule has 0 fully saturated rings. The molecule has 0 radical (unpaired) electrons. The van der Waals surface area contributed by atoms with Crippen LogP contribution in [0.5, 0.6) is 5.75 Å². The molecule has 0 bridgehead atoms. The summed E-state index contributed by atoms with van der Waals surface area (Å²) in [5, 5.41) is 0. The van der Waals surface area contributed by atoms with E-state index >= 15 is 0 Å². The van der Waals surface area contributed by atoms with Crippen LogP contribution in [-0.2, 0) is 6.18 Å². The van der Waals surface area contributed by atoms with Crippen LogP contribution in [0.2, 0.25) is 0 Å². The van der Waals surface area contributed by atoms with Gasteiger partial charge in [0.05, 0.1) is 12.2 Å². The van der Waals surface area contributed by atoms with Crippen LogP contribution in [0.1, 0.15) is 12.0 Å². The molecule has 0 aliphatic heterocycles. The zero-order valence-corrected chi connectivity index (χ0v) is 11.4. The van der Waals surface area contributed by atoms with Crippen LogP contribution in [0.3, 0.4) is 0 Å². The maximum absolute atomic E-state index is 12.8. The van der Waals surface area contributed by atoms with Crippen molar-refractivity contribution in [2.75, 3.05) is 13.2 Å². The van der Waals surface area contributed by atoms with Gasteiger partial charge in [0.1, 0.15) is 5.75 Å². The molecule has 0 aromatic heterocycles. The second-order valence-corrected chi connectivity index (χ2v) is 4.57. The number of rotatable bonds is 5. The lowest BCUT2D eigenvalue weighted by Crippen LogP contribution is -2.07. The summed E-state index contributed by atoms with van der Waals surface area (Å²) >= 11 is 0. The van der Waals surface area contributed by atoms with Crippen molar-refractivity contribution in [2.45, 2.75) is 12.6 Å². The monoisotopic (exact) mass is 295 g/mol. The molecule has 0 saturated carbocycles.